The average Bonchev–Trinajstić information content (AvgIpc) is 3.25. The fraction of sp³-hybridized carbons (Fsp3) is 0.868. The molecule has 5 rings (SSSR count). The van der Waals surface area contributed by atoms with Gasteiger partial charge < -0.3 is 14.6 Å². The molecule has 0 heterocycles. The van der Waals surface area contributed by atoms with E-state index in [2.05, 4.69) is 48.1 Å². The number of allylic oxidation sites excluding steroid dienone is 1. The molecule has 43 heavy (non-hydrogen) atoms. The van der Waals surface area contributed by atoms with Crippen molar-refractivity contribution in [1.82, 2.24) is 0 Å². The first-order chi connectivity index (χ1) is 19.9. The normalized spacial score (nSPS) is 45.1. The van der Waals surface area contributed by atoms with Gasteiger partial charge in [-0.1, -0.05) is 60.6 Å². The van der Waals surface area contributed by atoms with Crippen molar-refractivity contribution in [1.29, 1.82) is 0 Å². The molecule has 5 nitrogen and oxygen atoms in total. The van der Waals surface area contributed by atoms with Gasteiger partial charge in [0.15, 0.2) is 0 Å². The Morgan fingerprint density at radius 1 is 0.884 bits per heavy atom. The van der Waals surface area contributed by atoms with Crippen molar-refractivity contribution in [2.75, 3.05) is 0 Å². The second-order valence-corrected chi connectivity index (χ2v) is 18.2. The molecule has 0 unspecified atom stereocenters. The Balaban J connectivity index is 1.39. The molecule has 0 aromatic rings. The van der Waals surface area contributed by atoms with Crippen molar-refractivity contribution in [2.45, 2.75) is 145 Å². The van der Waals surface area contributed by atoms with Gasteiger partial charge in [-0.15, -0.1) is 0 Å². The van der Waals surface area contributed by atoms with Gasteiger partial charge in [-0.25, -0.2) is 0 Å². The van der Waals surface area contributed by atoms with E-state index in [1.54, 1.807) is 0 Å². The van der Waals surface area contributed by atoms with Gasteiger partial charge in [0, 0.05) is 11.8 Å². The molecular formula is C38H60O5. The van der Waals surface area contributed by atoms with Crippen LogP contribution in [0.25, 0.3) is 0 Å². The lowest BCUT2D eigenvalue weighted by Gasteiger charge is -2.73. The van der Waals surface area contributed by atoms with Gasteiger partial charge in [-0.3, -0.25) is 9.59 Å². The fourth-order valence-corrected chi connectivity index (χ4v) is 13.1. The molecule has 0 aromatic carbocycles. The number of esters is 1. The van der Waals surface area contributed by atoms with E-state index in [4.69, 9.17) is 4.74 Å². The molecule has 5 aliphatic carbocycles. The molecule has 1 N–H and O–H groups in total. The topological polar surface area (TPSA) is 80.7 Å². The number of rotatable bonds is 8. The predicted molar refractivity (Wildman–Crippen MR) is 170 cm³/mol. The summed E-state index contributed by atoms with van der Waals surface area (Å²) in [6.07, 6.45) is 13.5. The lowest BCUT2D eigenvalue weighted by atomic mass is 9.32. The van der Waals surface area contributed by atoms with Crippen LogP contribution in [0.4, 0.5) is 0 Å². The smallest absolute Gasteiger partial charge is 0.306 e. The Morgan fingerprint density at radius 3 is 2.21 bits per heavy atom. The molecule has 0 saturated heterocycles. The SMILES string of the molecule is C=C(C)[C@@H]1CC[C@]2(CC=O)CC[C@]3(C)[C@H](CC[C@@H]4[C@@]5(C)CC[C@H](OC(=O)CC(C)(C)CC(=O)O)C(C)(C)[C@@H]5CC[C@]43C)[C@@H]12. The monoisotopic (exact) mass is 596 g/mol. The van der Waals surface area contributed by atoms with Crippen molar-refractivity contribution in [3.63, 3.8) is 0 Å². The van der Waals surface area contributed by atoms with Gasteiger partial charge in [0.1, 0.15) is 12.4 Å². The molecule has 0 aliphatic heterocycles. The number of carboxylic acids is 1. The number of carboxylic acid groups (broad SMARTS) is 1. The molecule has 0 aromatic heterocycles. The lowest BCUT2D eigenvalue weighted by molar-refractivity contribution is -0.250. The average molecular weight is 597 g/mol. The highest BCUT2D eigenvalue weighted by Crippen LogP contribution is 2.77. The second-order valence-electron chi connectivity index (χ2n) is 18.2. The molecule has 0 radical (unpaired) electrons. The van der Waals surface area contributed by atoms with E-state index in [-0.39, 0.29) is 52.0 Å². The van der Waals surface area contributed by atoms with E-state index in [1.807, 2.05) is 13.8 Å². The summed E-state index contributed by atoms with van der Waals surface area (Å²) in [4.78, 5) is 36.4. The highest BCUT2D eigenvalue weighted by atomic mass is 16.5. The third-order valence-electron chi connectivity index (χ3n) is 15.2. The minimum absolute atomic E-state index is 0.0406. The second kappa shape index (κ2) is 10.7. The molecule has 5 saturated carbocycles. The van der Waals surface area contributed by atoms with Crippen LogP contribution in [0.15, 0.2) is 12.2 Å². The summed E-state index contributed by atoms with van der Waals surface area (Å²) in [5, 5.41) is 9.28. The quantitative estimate of drug-likeness (QED) is 0.172. The van der Waals surface area contributed by atoms with Crippen LogP contribution in [0, 0.1) is 62.1 Å². The predicted octanol–water partition coefficient (Wildman–Crippen LogP) is 9.04. The number of carbonyl (C=O) groups excluding carboxylic acids is 2. The van der Waals surface area contributed by atoms with Crippen LogP contribution in [-0.4, -0.2) is 29.4 Å². The van der Waals surface area contributed by atoms with E-state index < -0.39 is 11.4 Å². The summed E-state index contributed by atoms with van der Waals surface area (Å²) in [5.41, 5.74) is 1.42. The van der Waals surface area contributed by atoms with Crippen molar-refractivity contribution in [3.8, 4) is 0 Å². The van der Waals surface area contributed by atoms with E-state index in [9.17, 15) is 19.5 Å². The van der Waals surface area contributed by atoms with Gasteiger partial charge in [0.25, 0.3) is 0 Å². The largest absolute Gasteiger partial charge is 0.481 e. The van der Waals surface area contributed by atoms with Crippen molar-refractivity contribution < 1.29 is 24.2 Å². The first-order valence-corrected chi connectivity index (χ1v) is 17.4. The Morgan fingerprint density at radius 2 is 1.58 bits per heavy atom. The molecule has 242 valence electrons. The Kier molecular flexibility index (Phi) is 8.16. The number of hydrogen-bond acceptors (Lipinski definition) is 4. The van der Waals surface area contributed by atoms with Crippen LogP contribution in [0.1, 0.15) is 139 Å². The molecule has 0 bridgehead atoms. The maximum Gasteiger partial charge on any atom is 0.306 e. The zero-order valence-electron chi connectivity index (χ0n) is 28.5. The van der Waals surface area contributed by atoms with Crippen LogP contribution in [0.5, 0.6) is 0 Å². The number of fused-ring (bicyclic) bond motifs is 7. The lowest BCUT2D eigenvalue weighted by Crippen LogP contribution is -2.66. The summed E-state index contributed by atoms with van der Waals surface area (Å²) in [6, 6.07) is 0. The van der Waals surface area contributed by atoms with Crippen LogP contribution >= 0.6 is 0 Å². The van der Waals surface area contributed by atoms with E-state index in [0.29, 0.717) is 29.6 Å². The molecule has 0 spiro atoms. The van der Waals surface area contributed by atoms with E-state index >= 15 is 0 Å². The summed E-state index contributed by atoms with van der Waals surface area (Å²) in [5.74, 6) is 1.74. The third kappa shape index (κ3) is 4.96. The van der Waals surface area contributed by atoms with Gasteiger partial charge >= 0.3 is 11.9 Å². The Hall–Kier alpha value is -1.65. The van der Waals surface area contributed by atoms with Crippen LogP contribution in [0.3, 0.4) is 0 Å². The maximum absolute atomic E-state index is 13.1. The van der Waals surface area contributed by atoms with Crippen molar-refractivity contribution in [2.24, 2.45) is 62.1 Å². The van der Waals surface area contributed by atoms with Gasteiger partial charge in [0.2, 0.25) is 0 Å². The number of hydrogen-bond donors (Lipinski definition) is 1. The zero-order valence-corrected chi connectivity index (χ0v) is 28.5. The Labute approximate surface area is 261 Å². The molecule has 10 atom stereocenters. The molecule has 5 aliphatic rings. The highest BCUT2D eigenvalue weighted by Gasteiger charge is 2.71. The fourth-order valence-electron chi connectivity index (χ4n) is 13.1. The van der Waals surface area contributed by atoms with Crippen LogP contribution in [-0.2, 0) is 19.1 Å². The summed E-state index contributed by atoms with van der Waals surface area (Å²) in [6.45, 7) is 22.9. The van der Waals surface area contributed by atoms with Gasteiger partial charge in [0.05, 0.1) is 12.8 Å². The third-order valence-corrected chi connectivity index (χ3v) is 15.2. The summed E-state index contributed by atoms with van der Waals surface area (Å²) >= 11 is 0. The van der Waals surface area contributed by atoms with Crippen LogP contribution in [0.2, 0.25) is 0 Å². The number of ether oxygens (including phenoxy) is 1. The highest BCUT2D eigenvalue weighted by molar-refractivity contribution is 5.73. The minimum atomic E-state index is -0.879. The molecular weight excluding hydrogens is 536 g/mol. The van der Waals surface area contributed by atoms with Crippen molar-refractivity contribution in [3.05, 3.63) is 12.2 Å². The minimum Gasteiger partial charge on any atom is -0.481 e. The summed E-state index contributed by atoms with van der Waals surface area (Å²) < 4.78 is 6.23. The van der Waals surface area contributed by atoms with E-state index in [0.717, 1.165) is 25.7 Å². The van der Waals surface area contributed by atoms with Crippen LogP contribution < -0.4 is 0 Å². The first-order valence-electron chi connectivity index (χ1n) is 17.4. The maximum atomic E-state index is 13.1. The number of aliphatic carboxylic acids is 1. The standard InChI is InChI=1S/C38H60O5/c1-24(2)25-12-17-38(20-21-39)19-18-36(8)26(32(25)38)10-11-28-35(7)15-14-29(34(5,6)27(35)13-16-37(28,36)9)43-31(42)23-33(3,4)22-30(40)41/h21,25-29,32H,1,10-20,22-23H2,2-9H3,(H,40,41)/t25-,26+,27-,28+,29-,32+,35-,36+,37+,38+/m0/s1. The zero-order chi connectivity index (χ0) is 31.8. The molecule has 0 amide bonds. The van der Waals surface area contributed by atoms with E-state index in [1.165, 1.54) is 56.8 Å². The van der Waals surface area contributed by atoms with Crippen molar-refractivity contribution >= 4 is 18.2 Å². The van der Waals surface area contributed by atoms with Gasteiger partial charge in [-0.05, 0) is 128 Å². The Bertz CT molecular complexity index is 1150. The first kappa shape index (κ1) is 32.7. The number of carbonyl (C=O) groups is 3. The van der Waals surface area contributed by atoms with Gasteiger partial charge in [-0.2, -0.15) is 0 Å². The molecule has 5 fully saturated rings. The number of aldehydes is 1. The molecule has 5 heteroatoms. The summed E-state index contributed by atoms with van der Waals surface area (Å²) in [7, 11) is 0.